The van der Waals surface area contributed by atoms with Gasteiger partial charge in [0.05, 0.1) is 11.8 Å². The Labute approximate surface area is 147 Å². The quantitative estimate of drug-likeness (QED) is 0.722. The van der Waals surface area contributed by atoms with Crippen molar-refractivity contribution in [2.24, 2.45) is 0 Å². The van der Waals surface area contributed by atoms with Gasteiger partial charge in [-0.05, 0) is 13.0 Å². The summed E-state index contributed by atoms with van der Waals surface area (Å²) in [7, 11) is 0. The minimum absolute atomic E-state index is 0.111. The molecule has 1 N–H and O–H groups in total. The van der Waals surface area contributed by atoms with Gasteiger partial charge in [0.1, 0.15) is 11.8 Å². The number of hydrogen-bond donors (Lipinski definition) is 1. The van der Waals surface area contributed by atoms with Crippen LogP contribution in [0.1, 0.15) is 26.5 Å². The van der Waals surface area contributed by atoms with Crippen molar-refractivity contribution in [3.05, 3.63) is 58.2 Å². The highest BCUT2D eigenvalue weighted by atomic mass is 16.3. The molecule has 26 heavy (non-hydrogen) atoms. The summed E-state index contributed by atoms with van der Waals surface area (Å²) in [5.74, 6) is -0.359. The van der Waals surface area contributed by atoms with Gasteiger partial charge in [0.15, 0.2) is 5.69 Å². The van der Waals surface area contributed by atoms with Gasteiger partial charge >= 0.3 is 0 Å². The van der Waals surface area contributed by atoms with Crippen LogP contribution in [0.4, 0.5) is 0 Å². The van der Waals surface area contributed by atoms with E-state index in [0.29, 0.717) is 43.0 Å². The number of aryl methyl sites for hydroxylation is 1. The number of piperazine rings is 1. The molecule has 3 aromatic rings. The number of amides is 2. The molecule has 9 nitrogen and oxygen atoms in total. The number of carbonyl (C=O) groups is 2. The lowest BCUT2D eigenvalue weighted by Gasteiger charge is -2.34. The summed E-state index contributed by atoms with van der Waals surface area (Å²) < 4.78 is 6.36. The van der Waals surface area contributed by atoms with E-state index < -0.39 is 0 Å². The molecule has 1 fully saturated rings. The van der Waals surface area contributed by atoms with Crippen LogP contribution in [-0.2, 0) is 0 Å². The lowest BCUT2D eigenvalue weighted by Crippen LogP contribution is -2.50. The van der Waals surface area contributed by atoms with Gasteiger partial charge in [0.2, 0.25) is 0 Å². The number of carbonyl (C=O) groups excluding carboxylic acids is 2. The summed E-state index contributed by atoms with van der Waals surface area (Å²) in [5, 5.41) is 4.22. The lowest BCUT2D eigenvalue weighted by molar-refractivity contribution is 0.0531. The second-order valence-electron chi connectivity index (χ2n) is 6.22. The number of fused-ring (bicyclic) bond motifs is 1. The zero-order chi connectivity index (χ0) is 18.3. The molecule has 0 unspecified atom stereocenters. The van der Waals surface area contributed by atoms with Crippen LogP contribution in [0.5, 0.6) is 0 Å². The minimum Gasteiger partial charge on any atom is -0.472 e. The van der Waals surface area contributed by atoms with Crippen LogP contribution < -0.4 is 5.56 Å². The molecule has 9 heteroatoms. The third-order valence-corrected chi connectivity index (χ3v) is 4.44. The van der Waals surface area contributed by atoms with Gasteiger partial charge in [-0.3, -0.25) is 14.4 Å². The molecule has 4 rings (SSSR count). The van der Waals surface area contributed by atoms with E-state index in [1.807, 2.05) is 0 Å². The van der Waals surface area contributed by atoms with Crippen molar-refractivity contribution in [3.8, 4) is 0 Å². The van der Waals surface area contributed by atoms with Crippen molar-refractivity contribution in [3.63, 3.8) is 0 Å². The smallest absolute Gasteiger partial charge is 0.274 e. The molecule has 1 aliphatic rings. The molecule has 0 aliphatic carbocycles. The van der Waals surface area contributed by atoms with E-state index in [9.17, 15) is 14.4 Å². The van der Waals surface area contributed by atoms with Crippen LogP contribution in [-0.4, -0.2) is 62.4 Å². The highest BCUT2D eigenvalue weighted by Gasteiger charge is 2.27. The fraction of sp³-hybridized carbons (Fsp3) is 0.294. The summed E-state index contributed by atoms with van der Waals surface area (Å²) in [6.45, 7) is 3.43. The van der Waals surface area contributed by atoms with Crippen molar-refractivity contribution in [2.75, 3.05) is 26.2 Å². The number of aromatic nitrogens is 3. The number of nitrogens with zero attached hydrogens (tertiary/aromatic N) is 4. The molecule has 1 aliphatic heterocycles. The molecular weight excluding hydrogens is 338 g/mol. The van der Waals surface area contributed by atoms with Gasteiger partial charge in [0, 0.05) is 44.1 Å². The van der Waals surface area contributed by atoms with Gasteiger partial charge in [-0.15, -0.1) is 0 Å². The molecule has 3 aromatic heterocycles. The van der Waals surface area contributed by atoms with E-state index in [1.54, 1.807) is 29.0 Å². The van der Waals surface area contributed by atoms with Gasteiger partial charge in [0.25, 0.3) is 17.4 Å². The Morgan fingerprint density at radius 3 is 2.50 bits per heavy atom. The molecule has 0 bridgehead atoms. The highest BCUT2D eigenvalue weighted by molar-refractivity contribution is 5.95. The number of furan rings is 1. The lowest BCUT2D eigenvalue weighted by atomic mass is 10.2. The SMILES string of the molecule is Cc1cn2nc(C(=O)N3CCN(C(=O)c4ccoc4)CC3)cc2c(=O)[nH]1. The van der Waals surface area contributed by atoms with E-state index in [2.05, 4.69) is 10.1 Å². The first-order valence-electron chi connectivity index (χ1n) is 8.23. The second kappa shape index (κ2) is 6.17. The van der Waals surface area contributed by atoms with Crippen molar-refractivity contribution in [2.45, 2.75) is 6.92 Å². The van der Waals surface area contributed by atoms with Crippen LogP contribution in [0, 0.1) is 6.92 Å². The summed E-state index contributed by atoms with van der Waals surface area (Å²) in [5.41, 5.74) is 1.42. The number of hydrogen-bond acceptors (Lipinski definition) is 5. The summed E-state index contributed by atoms with van der Waals surface area (Å²) in [4.78, 5) is 43.0. The van der Waals surface area contributed by atoms with Gasteiger partial charge < -0.3 is 19.2 Å². The Morgan fingerprint density at radius 2 is 1.85 bits per heavy atom. The molecular formula is C17H17N5O4. The summed E-state index contributed by atoms with van der Waals surface area (Å²) >= 11 is 0. The number of H-pyrrole nitrogens is 1. The maximum Gasteiger partial charge on any atom is 0.274 e. The Kier molecular flexibility index (Phi) is 3.83. The topological polar surface area (TPSA) is 104 Å². The first-order valence-corrected chi connectivity index (χ1v) is 8.23. The van der Waals surface area contributed by atoms with Crippen molar-refractivity contribution in [1.29, 1.82) is 0 Å². The molecule has 134 valence electrons. The highest BCUT2D eigenvalue weighted by Crippen LogP contribution is 2.12. The van der Waals surface area contributed by atoms with Crippen LogP contribution in [0.2, 0.25) is 0 Å². The van der Waals surface area contributed by atoms with Gasteiger partial charge in [-0.2, -0.15) is 5.10 Å². The van der Waals surface area contributed by atoms with Crippen LogP contribution >= 0.6 is 0 Å². The number of aromatic amines is 1. The number of rotatable bonds is 2. The monoisotopic (exact) mass is 355 g/mol. The second-order valence-corrected chi connectivity index (χ2v) is 6.22. The average molecular weight is 355 g/mol. The Morgan fingerprint density at radius 1 is 1.15 bits per heavy atom. The fourth-order valence-electron chi connectivity index (χ4n) is 3.07. The molecule has 2 amide bonds. The molecule has 0 spiro atoms. The summed E-state index contributed by atoms with van der Waals surface area (Å²) in [6.07, 6.45) is 4.53. The Balaban J connectivity index is 1.48. The van der Waals surface area contributed by atoms with Crippen molar-refractivity contribution in [1.82, 2.24) is 24.4 Å². The maximum absolute atomic E-state index is 12.7. The van der Waals surface area contributed by atoms with Crippen molar-refractivity contribution < 1.29 is 14.0 Å². The third kappa shape index (κ3) is 2.77. The number of nitrogens with one attached hydrogen (secondary N) is 1. The van der Waals surface area contributed by atoms with E-state index in [-0.39, 0.29) is 23.1 Å². The zero-order valence-corrected chi connectivity index (χ0v) is 14.1. The normalized spacial score (nSPS) is 14.8. The molecule has 0 aromatic carbocycles. The predicted octanol–water partition coefficient (Wildman–Crippen LogP) is 0.522. The average Bonchev–Trinajstić information content (AvgIpc) is 3.30. The Bertz CT molecular complexity index is 1030. The molecule has 0 radical (unpaired) electrons. The van der Waals surface area contributed by atoms with E-state index in [0.717, 1.165) is 0 Å². The maximum atomic E-state index is 12.7. The van der Waals surface area contributed by atoms with E-state index in [1.165, 1.54) is 23.1 Å². The molecule has 0 saturated carbocycles. The third-order valence-electron chi connectivity index (χ3n) is 4.44. The molecule has 0 atom stereocenters. The van der Waals surface area contributed by atoms with Crippen molar-refractivity contribution >= 4 is 17.3 Å². The van der Waals surface area contributed by atoms with Gasteiger partial charge in [-0.25, -0.2) is 4.52 Å². The zero-order valence-electron chi connectivity index (χ0n) is 14.1. The minimum atomic E-state index is -0.285. The van der Waals surface area contributed by atoms with Crippen LogP contribution in [0.25, 0.3) is 5.52 Å². The first-order chi connectivity index (χ1) is 12.5. The van der Waals surface area contributed by atoms with E-state index in [4.69, 9.17) is 4.42 Å². The van der Waals surface area contributed by atoms with E-state index >= 15 is 0 Å². The predicted molar refractivity (Wildman–Crippen MR) is 91.1 cm³/mol. The van der Waals surface area contributed by atoms with Crippen LogP contribution in [0.15, 0.2) is 40.1 Å². The van der Waals surface area contributed by atoms with Gasteiger partial charge in [-0.1, -0.05) is 0 Å². The largest absolute Gasteiger partial charge is 0.472 e. The first kappa shape index (κ1) is 16.1. The molecule has 4 heterocycles. The standard InChI is InChI=1S/C17H17N5O4/c1-11-9-22-14(15(23)18-11)8-13(19-22)17(25)21-5-3-20(4-6-21)16(24)12-2-7-26-10-12/h2,7-10H,3-6H2,1H3,(H,18,23). The summed E-state index contributed by atoms with van der Waals surface area (Å²) in [6, 6.07) is 3.11. The fourth-order valence-corrected chi connectivity index (χ4v) is 3.07. The Hall–Kier alpha value is -3.36. The van der Waals surface area contributed by atoms with Crippen LogP contribution in [0.3, 0.4) is 0 Å². The molecule has 1 saturated heterocycles.